The summed E-state index contributed by atoms with van der Waals surface area (Å²) >= 11 is 3.47. The molecule has 0 unspecified atom stereocenters. The Hall–Kier alpha value is -0.870. The summed E-state index contributed by atoms with van der Waals surface area (Å²) < 4.78 is 1.05. The molecule has 1 aromatic carbocycles. The number of carboxylic acids is 1. The summed E-state index contributed by atoms with van der Waals surface area (Å²) in [5.74, 6) is -0.729. The lowest BCUT2D eigenvalue weighted by Crippen LogP contribution is -2.40. The van der Waals surface area contributed by atoms with E-state index in [0.29, 0.717) is 6.54 Å². The highest BCUT2D eigenvalue weighted by Gasteiger charge is 2.20. The molecule has 1 atom stereocenters. The van der Waals surface area contributed by atoms with Gasteiger partial charge in [-0.15, -0.1) is 0 Å². The van der Waals surface area contributed by atoms with E-state index in [2.05, 4.69) is 21.2 Å². The molecule has 3 nitrogen and oxygen atoms in total. The SMILES string of the molecule is Cc1ccc(CN[C@@H](C(=O)O)C(C)C)cc1Br. The van der Waals surface area contributed by atoms with Crippen LogP contribution in [0.3, 0.4) is 0 Å². The third-order valence-electron chi connectivity index (χ3n) is 2.70. The van der Waals surface area contributed by atoms with Gasteiger partial charge in [-0.2, -0.15) is 0 Å². The van der Waals surface area contributed by atoms with Crippen LogP contribution in [0.5, 0.6) is 0 Å². The lowest BCUT2D eigenvalue weighted by Gasteiger charge is -2.18. The average Bonchev–Trinajstić information content (AvgIpc) is 2.22. The Labute approximate surface area is 110 Å². The van der Waals surface area contributed by atoms with E-state index in [-0.39, 0.29) is 5.92 Å². The maximum atomic E-state index is 11.0. The minimum absolute atomic E-state index is 0.0707. The molecule has 0 aliphatic heterocycles. The lowest BCUT2D eigenvalue weighted by molar-refractivity contribution is -0.140. The summed E-state index contributed by atoms with van der Waals surface area (Å²) in [4.78, 5) is 11.0. The first-order chi connectivity index (χ1) is 7.91. The first kappa shape index (κ1) is 14.2. The van der Waals surface area contributed by atoms with Crippen LogP contribution in [-0.4, -0.2) is 17.1 Å². The van der Waals surface area contributed by atoms with Crippen molar-refractivity contribution in [3.8, 4) is 0 Å². The lowest BCUT2D eigenvalue weighted by atomic mass is 10.0. The van der Waals surface area contributed by atoms with Crippen molar-refractivity contribution < 1.29 is 9.90 Å². The number of rotatable bonds is 5. The molecular weight excluding hydrogens is 282 g/mol. The molecule has 4 heteroatoms. The van der Waals surface area contributed by atoms with E-state index in [1.54, 1.807) is 0 Å². The third-order valence-corrected chi connectivity index (χ3v) is 3.55. The maximum Gasteiger partial charge on any atom is 0.320 e. The highest BCUT2D eigenvalue weighted by atomic mass is 79.9. The van der Waals surface area contributed by atoms with Crippen molar-refractivity contribution in [2.75, 3.05) is 0 Å². The van der Waals surface area contributed by atoms with E-state index >= 15 is 0 Å². The first-order valence-corrected chi connectivity index (χ1v) is 6.42. The maximum absolute atomic E-state index is 11.0. The van der Waals surface area contributed by atoms with Crippen LogP contribution in [0.1, 0.15) is 25.0 Å². The molecule has 0 saturated carbocycles. The van der Waals surface area contributed by atoms with Crippen molar-refractivity contribution in [1.29, 1.82) is 0 Å². The Bertz CT molecular complexity index is 404. The minimum Gasteiger partial charge on any atom is -0.480 e. The molecule has 0 aliphatic carbocycles. The first-order valence-electron chi connectivity index (χ1n) is 5.63. The molecule has 94 valence electrons. The normalized spacial score (nSPS) is 12.8. The zero-order chi connectivity index (χ0) is 13.0. The summed E-state index contributed by atoms with van der Waals surface area (Å²) in [6.45, 7) is 6.39. The van der Waals surface area contributed by atoms with Crippen LogP contribution in [0.4, 0.5) is 0 Å². The van der Waals surface area contributed by atoms with Gasteiger partial charge < -0.3 is 10.4 Å². The molecule has 0 heterocycles. The quantitative estimate of drug-likeness (QED) is 0.879. The standard InChI is InChI=1S/C13H18BrNO2/c1-8(2)12(13(16)17)15-7-10-5-4-9(3)11(14)6-10/h4-6,8,12,15H,7H2,1-3H3,(H,16,17)/t12-/m1/s1. The second kappa shape index (κ2) is 6.17. The second-order valence-corrected chi connectivity index (χ2v) is 5.38. The molecule has 0 aliphatic rings. The largest absolute Gasteiger partial charge is 0.480 e. The van der Waals surface area contributed by atoms with Gasteiger partial charge in [-0.1, -0.05) is 41.9 Å². The van der Waals surface area contributed by atoms with Gasteiger partial charge in [0.05, 0.1) is 0 Å². The summed E-state index contributed by atoms with van der Waals surface area (Å²) in [6.07, 6.45) is 0. The highest BCUT2D eigenvalue weighted by molar-refractivity contribution is 9.10. The van der Waals surface area contributed by atoms with E-state index in [0.717, 1.165) is 10.0 Å². The number of carbonyl (C=O) groups is 1. The number of nitrogens with one attached hydrogen (secondary N) is 1. The molecule has 17 heavy (non-hydrogen) atoms. The number of hydrogen-bond acceptors (Lipinski definition) is 2. The van der Waals surface area contributed by atoms with Crippen molar-refractivity contribution in [1.82, 2.24) is 5.32 Å². The molecule has 1 rings (SSSR count). The van der Waals surface area contributed by atoms with E-state index in [1.165, 1.54) is 5.56 Å². The van der Waals surface area contributed by atoms with Gasteiger partial charge in [-0.25, -0.2) is 0 Å². The number of aryl methyl sites for hydroxylation is 1. The molecule has 2 N–H and O–H groups in total. The average molecular weight is 300 g/mol. The van der Waals surface area contributed by atoms with E-state index < -0.39 is 12.0 Å². The summed E-state index contributed by atoms with van der Waals surface area (Å²) in [7, 11) is 0. The van der Waals surface area contributed by atoms with Gasteiger partial charge >= 0.3 is 5.97 Å². The van der Waals surface area contributed by atoms with Gasteiger partial charge in [0, 0.05) is 11.0 Å². The fraction of sp³-hybridized carbons (Fsp3) is 0.462. The molecule has 0 saturated heterocycles. The van der Waals surface area contributed by atoms with Crippen LogP contribution in [0.25, 0.3) is 0 Å². The number of aliphatic carboxylic acids is 1. The Kier molecular flexibility index (Phi) is 5.15. The Morgan fingerprint density at radius 2 is 2.12 bits per heavy atom. The van der Waals surface area contributed by atoms with Gasteiger partial charge in [0.2, 0.25) is 0 Å². The predicted octanol–water partition coefficient (Wildman–Crippen LogP) is 2.96. The van der Waals surface area contributed by atoms with Gasteiger partial charge in [0.1, 0.15) is 6.04 Å². The van der Waals surface area contributed by atoms with Crippen LogP contribution >= 0.6 is 15.9 Å². The fourth-order valence-corrected chi connectivity index (χ4v) is 2.01. The van der Waals surface area contributed by atoms with Gasteiger partial charge in [-0.05, 0) is 30.0 Å². The monoisotopic (exact) mass is 299 g/mol. The van der Waals surface area contributed by atoms with Gasteiger partial charge in [0.15, 0.2) is 0 Å². The van der Waals surface area contributed by atoms with E-state index in [9.17, 15) is 4.79 Å². The summed E-state index contributed by atoms with van der Waals surface area (Å²) in [5, 5.41) is 12.1. The Morgan fingerprint density at radius 1 is 1.47 bits per heavy atom. The smallest absolute Gasteiger partial charge is 0.320 e. The van der Waals surface area contributed by atoms with Crippen LogP contribution in [0.15, 0.2) is 22.7 Å². The zero-order valence-corrected chi connectivity index (χ0v) is 11.9. The molecule has 0 fully saturated rings. The van der Waals surface area contributed by atoms with Gasteiger partial charge in [-0.3, -0.25) is 4.79 Å². The summed E-state index contributed by atoms with van der Waals surface area (Å²) in [6, 6.07) is 5.54. The van der Waals surface area contributed by atoms with E-state index in [4.69, 9.17) is 5.11 Å². The number of halogens is 1. The van der Waals surface area contributed by atoms with E-state index in [1.807, 2.05) is 39.0 Å². The van der Waals surface area contributed by atoms with Crippen molar-refractivity contribution in [2.45, 2.75) is 33.4 Å². The van der Waals surface area contributed by atoms with Gasteiger partial charge in [0.25, 0.3) is 0 Å². The third kappa shape index (κ3) is 4.13. The van der Waals surface area contributed by atoms with Crippen LogP contribution in [0.2, 0.25) is 0 Å². The highest BCUT2D eigenvalue weighted by Crippen LogP contribution is 2.17. The number of hydrogen-bond donors (Lipinski definition) is 2. The van der Waals surface area contributed by atoms with Crippen molar-refractivity contribution in [2.24, 2.45) is 5.92 Å². The van der Waals surface area contributed by atoms with Crippen molar-refractivity contribution >= 4 is 21.9 Å². The predicted molar refractivity (Wildman–Crippen MR) is 72.0 cm³/mol. The number of benzene rings is 1. The Balaban J connectivity index is 2.65. The number of carboxylic acid groups (broad SMARTS) is 1. The van der Waals surface area contributed by atoms with Crippen molar-refractivity contribution in [3.05, 3.63) is 33.8 Å². The van der Waals surface area contributed by atoms with Crippen LogP contribution in [0, 0.1) is 12.8 Å². The molecule has 0 bridgehead atoms. The van der Waals surface area contributed by atoms with Crippen molar-refractivity contribution in [3.63, 3.8) is 0 Å². The molecule has 0 spiro atoms. The Morgan fingerprint density at radius 3 is 2.59 bits per heavy atom. The molecule has 0 amide bonds. The minimum atomic E-state index is -0.800. The fourth-order valence-electron chi connectivity index (χ4n) is 1.58. The molecule has 1 aromatic rings. The topological polar surface area (TPSA) is 49.3 Å². The molecular formula is C13H18BrNO2. The van der Waals surface area contributed by atoms with Crippen LogP contribution in [-0.2, 0) is 11.3 Å². The summed E-state index contributed by atoms with van der Waals surface area (Å²) in [5.41, 5.74) is 2.25. The van der Waals surface area contributed by atoms with Crippen LogP contribution < -0.4 is 5.32 Å². The molecule has 0 aromatic heterocycles. The molecule has 0 radical (unpaired) electrons. The second-order valence-electron chi connectivity index (χ2n) is 4.52. The zero-order valence-electron chi connectivity index (χ0n) is 10.3.